The number of aliphatic hydroxyl groups excluding tert-OH is 1. The van der Waals surface area contributed by atoms with Crippen LogP contribution in [0.5, 0.6) is 0 Å². The fourth-order valence-corrected chi connectivity index (χ4v) is 2.79. The van der Waals surface area contributed by atoms with Crippen LogP contribution in [0.25, 0.3) is 0 Å². The molecule has 0 saturated heterocycles. The zero-order valence-corrected chi connectivity index (χ0v) is 10.6. The third-order valence-electron chi connectivity index (χ3n) is 2.52. The van der Waals surface area contributed by atoms with Crippen molar-refractivity contribution < 1.29 is 5.11 Å². The lowest BCUT2D eigenvalue weighted by atomic mass is 9.90. The summed E-state index contributed by atoms with van der Waals surface area (Å²) in [6, 6.07) is 0.395. The average molecular weight is 215 g/mol. The minimum Gasteiger partial charge on any atom is -0.386 e. The van der Waals surface area contributed by atoms with Crippen LogP contribution in [0, 0.1) is 11.3 Å². The molecule has 2 atom stereocenters. The monoisotopic (exact) mass is 215 g/mol. The van der Waals surface area contributed by atoms with Crippen molar-refractivity contribution in [2.24, 2.45) is 16.3 Å². The second-order valence-corrected chi connectivity index (χ2v) is 6.40. The summed E-state index contributed by atoms with van der Waals surface area (Å²) in [6.45, 7) is 10.5. The number of aliphatic imine (C=N–C) groups is 1. The molecule has 1 rings (SSSR count). The highest BCUT2D eigenvalue weighted by Gasteiger charge is 2.32. The summed E-state index contributed by atoms with van der Waals surface area (Å²) in [6.07, 6.45) is -0.406. The van der Waals surface area contributed by atoms with Gasteiger partial charge < -0.3 is 5.11 Å². The van der Waals surface area contributed by atoms with E-state index in [-0.39, 0.29) is 5.41 Å². The smallest absolute Gasteiger partial charge is 0.106 e. The van der Waals surface area contributed by atoms with Gasteiger partial charge in [0.25, 0.3) is 0 Å². The summed E-state index contributed by atoms with van der Waals surface area (Å²) in [5.41, 5.74) is -0.0995. The van der Waals surface area contributed by atoms with E-state index in [1.807, 2.05) is 20.8 Å². The number of rotatable bonds is 2. The summed E-state index contributed by atoms with van der Waals surface area (Å²) in [4.78, 5) is 4.58. The maximum Gasteiger partial charge on any atom is 0.106 e. The SMILES string of the molecule is CC(C)[C@H]1CSC([C@@H](O)C(C)(C)C)=N1. The summed E-state index contributed by atoms with van der Waals surface area (Å²) < 4.78 is 0. The van der Waals surface area contributed by atoms with Crippen molar-refractivity contribution in [3.05, 3.63) is 0 Å². The quantitative estimate of drug-likeness (QED) is 0.768. The van der Waals surface area contributed by atoms with E-state index in [4.69, 9.17) is 0 Å². The van der Waals surface area contributed by atoms with Crippen molar-refractivity contribution in [1.29, 1.82) is 0 Å². The Labute approximate surface area is 91.2 Å². The lowest BCUT2D eigenvalue weighted by Crippen LogP contribution is -2.31. The first-order chi connectivity index (χ1) is 6.32. The highest BCUT2D eigenvalue weighted by atomic mass is 32.2. The minimum absolute atomic E-state index is 0.0995. The van der Waals surface area contributed by atoms with E-state index in [0.29, 0.717) is 12.0 Å². The number of hydrogen-bond donors (Lipinski definition) is 1. The van der Waals surface area contributed by atoms with E-state index in [1.165, 1.54) is 0 Å². The van der Waals surface area contributed by atoms with Crippen LogP contribution in [0.1, 0.15) is 34.6 Å². The minimum atomic E-state index is -0.406. The number of hydrogen-bond acceptors (Lipinski definition) is 3. The average Bonchev–Trinajstić information content (AvgIpc) is 2.48. The zero-order chi connectivity index (χ0) is 10.9. The second kappa shape index (κ2) is 4.23. The van der Waals surface area contributed by atoms with Gasteiger partial charge >= 0.3 is 0 Å². The molecule has 0 aliphatic carbocycles. The molecule has 2 nitrogen and oxygen atoms in total. The van der Waals surface area contributed by atoms with Gasteiger partial charge in [-0.25, -0.2) is 0 Å². The van der Waals surface area contributed by atoms with Gasteiger partial charge in [0.2, 0.25) is 0 Å². The van der Waals surface area contributed by atoms with Gasteiger partial charge in [0.15, 0.2) is 0 Å². The van der Waals surface area contributed by atoms with E-state index in [2.05, 4.69) is 18.8 Å². The van der Waals surface area contributed by atoms with Crippen molar-refractivity contribution in [3.63, 3.8) is 0 Å². The maximum atomic E-state index is 10.0. The van der Waals surface area contributed by atoms with Crippen LogP contribution in [0.15, 0.2) is 4.99 Å². The molecule has 3 heteroatoms. The van der Waals surface area contributed by atoms with E-state index in [1.54, 1.807) is 11.8 Å². The highest BCUT2D eigenvalue weighted by molar-refractivity contribution is 8.14. The predicted molar refractivity (Wildman–Crippen MR) is 64.0 cm³/mol. The van der Waals surface area contributed by atoms with E-state index in [9.17, 15) is 5.11 Å². The molecule has 1 aliphatic rings. The molecule has 14 heavy (non-hydrogen) atoms. The van der Waals surface area contributed by atoms with Gasteiger partial charge in [-0.3, -0.25) is 4.99 Å². The highest BCUT2D eigenvalue weighted by Crippen LogP contribution is 2.31. The Bertz CT molecular complexity index is 230. The summed E-state index contributed by atoms with van der Waals surface area (Å²) in [5, 5.41) is 11.0. The Morgan fingerprint density at radius 2 is 2.00 bits per heavy atom. The molecule has 82 valence electrons. The summed E-state index contributed by atoms with van der Waals surface area (Å²) >= 11 is 1.71. The van der Waals surface area contributed by atoms with E-state index in [0.717, 1.165) is 10.8 Å². The van der Waals surface area contributed by atoms with Crippen molar-refractivity contribution in [2.75, 3.05) is 5.75 Å². The molecule has 0 aromatic carbocycles. The van der Waals surface area contributed by atoms with Crippen LogP contribution in [0.2, 0.25) is 0 Å². The number of thioether (sulfide) groups is 1. The van der Waals surface area contributed by atoms with Crippen LogP contribution in [0.3, 0.4) is 0 Å². The molecule has 1 heterocycles. The van der Waals surface area contributed by atoms with Gasteiger partial charge in [0.1, 0.15) is 6.10 Å². The molecule has 0 radical (unpaired) electrons. The zero-order valence-electron chi connectivity index (χ0n) is 9.74. The Balaban J connectivity index is 2.68. The van der Waals surface area contributed by atoms with Gasteiger partial charge in [-0.2, -0.15) is 0 Å². The number of nitrogens with zero attached hydrogens (tertiary/aromatic N) is 1. The van der Waals surface area contributed by atoms with Crippen molar-refractivity contribution in [3.8, 4) is 0 Å². The molecule has 0 aromatic rings. The fourth-order valence-electron chi connectivity index (χ4n) is 1.27. The van der Waals surface area contributed by atoms with E-state index >= 15 is 0 Å². The van der Waals surface area contributed by atoms with Crippen LogP contribution in [-0.2, 0) is 0 Å². The maximum absolute atomic E-state index is 10.0. The van der Waals surface area contributed by atoms with Crippen LogP contribution in [0.4, 0.5) is 0 Å². The summed E-state index contributed by atoms with van der Waals surface area (Å²) in [5.74, 6) is 1.60. The van der Waals surface area contributed by atoms with Gasteiger partial charge in [0.05, 0.1) is 11.1 Å². The van der Waals surface area contributed by atoms with Crippen LogP contribution in [-0.4, -0.2) is 28.0 Å². The third kappa shape index (κ3) is 2.74. The van der Waals surface area contributed by atoms with Gasteiger partial charge in [-0.05, 0) is 11.3 Å². The molecular weight excluding hydrogens is 194 g/mol. The summed E-state index contributed by atoms with van der Waals surface area (Å²) in [7, 11) is 0. The Hall–Kier alpha value is -0.0200. The van der Waals surface area contributed by atoms with Crippen molar-refractivity contribution >= 4 is 16.8 Å². The largest absolute Gasteiger partial charge is 0.386 e. The van der Waals surface area contributed by atoms with Crippen LogP contribution >= 0.6 is 11.8 Å². The van der Waals surface area contributed by atoms with Gasteiger partial charge in [-0.15, -0.1) is 11.8 Å². The Morgan fingerprint density at radius 1 is 1.43 bits per heavy atom. The molecular formula is C11H21NOS. The molecule has 0 amide bonds. The van der Waals surface area contributed by atoms with Crippen molar-refractivity contribution in [2.45, 2.75) is 46.8 Å². The molecule has 0 spiro atoms. The van der Waals surface area contributed by atoms with E-state index < -0.39 is 6.10 Å². The molecule has 0 unspecified atom stereocenters. The first-order valence-corrected chi connectivity index (χ1v) is 6.19. The lowest BCUT2D eigenvalue weighted by molar-refractivity contribution is 0.125. The normalized spacial score (nSPS) is 25.4. The Morgan fingerprint density at radius 3 is 2.36 bits per heavy atom. The molecule has 1 aliphatic heterocycles. The third-order valence-corrected chi connectivity index (χ3v) is 3.65. The second-order valence-electron chi connectivity index (χ2n) is 5.36. The molecule has 0 bridgehead atoms. The standard InChI is InChI=1S/C11H21NOS/c1-7(2)8-6-14-10(12-8)9(13)11(3,4)5/h7-9,13H,6H2,1-5H3/t8-,9-/m1/s1. The van der Waals surface area contributed by atoms with Crippen LogP contribution < -0.4 is 0 Å². The topological polar surface area (TPSA) is 32.6 Å². The van der Waals surface area contributed by atoms with Gasteiger partial charge in [-0.1, -0.05) is 34.6 Å². The predicted octanol–water partition coefficient (Wildman–Crippen LogP) is 2.56. The van der Waals surface area contributed by atoms with Crippen molar-refractivity contribution in [1.82, 2.24) is 0 Å². The van der Waals surface area contributed by atoms with Gasteiger partial charge in [0, 0.05) is 5.75 Å². The Kier molecular flexibility index (Phi) is 3.64. The fraction of sp³-hybridized carbons (Fsp3) is 0.909. The molecule has 0 aromatic heterocycles. The molecule has 1 N–H and O–H groups in total. The molecule has 0 saturated carbocycles. The lowest BCUT2D eigenvalue weighted by Gasteiger charge is -2.25. The first kappa shape index (κ1) is 12.1. The molecule has 0 fully saturated rings. The first-order valence-electron chi connectivity index (χ1n) is 5.21. The number of aliphatic hydroxyl groups is 1.